The Morgan fingerprint density at radius 1 is 1.21 bits per heavy atom. The Morgan fingerprint density at radius 2 is 1.92 bits per heavy atom. The quantitative estimate of drug-likeness (QED) is 0.877. The van der Waals surface area contributed by atoms with Gasteiger partial charge < -0.3 is 10.2 Å². The van der Waals surface area contributed by atoms with Crippen molar-refractivity contribution >= 4 is 11.9 Å². The number of hydrogen-bond acceptors (Lipinski definition) is 2. The fourth-order valence-corrected chi connectivity index (χ4v) is 5.50. The summed E-state index contributed by atoms with van der Waals surface area (Å²) < 4.78 is 0. The first-order valence-corrected chi connectivity index (χ1v) is 8.87. The van der Waals surface area contributed by atoms with Gasteiger partial charge in [0, 0.05) is 0 Å². The van der Waals surface area contributed by atoms with E-state index in [1.807, 2.05) is 19.9 Å². The van der Waals surface area contributed by atoms with E-state index in [0.29, 0.717) is 12.0 Å². The van der Waals surface area contributed by atoms with Crippen molar-refractivity contribution in [3.05, 3.63) is 34.4 Å². The van der Waals surface area contributed by atoms with E-state index in [-0.39, 0.29) is 11.3 Å². The second-order valence-corrected chi connectivity index (χ2v) is 7.86. The van der Waals surface area contributed by atoms with E-state index in [0.717, 1.165) is 43.2 Å². The second kappa shape index (κ2) is 5.61. The zero-order valence-electron chi connectivity index (χ0n) is 14.7. The molecule has 3 rings (SSSR count). The third-order valence-corrected chi connectivity index (χ3v) is 6.73. The molecule has 24 heavy (non-hydrogen) atoms. The van der Waals surface area contributed by atoms with Crippen LogP contribution in [-0.4, -0.2) is 22.2 Å². The summed E-state index contributed by atoms with van der Waals surface area (Å²) >= 11 is 0. The Balaban J connectivity index is 2.18. The standard InChI is InChI=1S/C20H26O4/c1-4-12-13-7-9-16-19(2,10-5-11-20(16,3)18(23)24)15(13)8-6-14(12)17(21)22/h6,8,16H,4-5,7,9-11H2,1-3H3,(H,21,22)(H,23,24). The van der Waals surface area contributed by atoms with Gasteiger partial charge in [-0.15, -0.1) is 0 Å². The lowest BCUT2D eigenvalue weighted by Gasteiger charge is -2.54. The molecule has 1 fully saturated rings. The van der Waals surface area contributed by atoms with Crippen LogP contribution in [0.1, 0.15) is 73.5 Å². The summed E-state index contributed by atoms with van der Waals surface area (Å²) in [6.07, 6.45) is 4.90. The van der Waals surface area contributed by atoms with Gasteiger partial charge in [0.05, 0.1) is 11.0 Å². The molecule has 1 aromatic carbocycles. The number of carboxylic acids is 2. The van der Waals surface area contributed by atoms with Gasteiger partial charge in [0.1, 0.15) is 0 Å². The average molecular weight is 330 g/mol. The molecule has 0 bridgehead atoms. The lowest BCUT2D eigenvalue weighted by Crippen LogP contribution is -2.52. The van der Waals surface area contributed by atoms with E-state index in [9.17, 15) is 19.8 Å². The van der Waals surface area contributed by atoms with E-state index < -0.39 is 17.4 Å². The minimum Gasteiger partial charge on any atom is -0.481 e. The molecule has 1 aromatic rings. The molecule has 0 aromatic heterocycles. The molecule has 2 aliphatic carbocycles. The van der Waals surface area contributed by atoms with Crippen LogP contribution in [0, 0.1) is 11.3 Å². The third kappa shape index (κ3) is 2.19. The van der Waals surface area contributed by atoms with Crippen LogP contribution in [0.3, 0.4) is 0 Å². The summed E-state index contributed by atoms with van der Waals surface area (Å²) in [5, 5.41) is 19.3. The van der Waals surface area contributed by atoms with E-state index in [4.69, 9.17) is 0 Å². The van der Waals surface area contributed by atoms with Crippen molar-refractivity contribution in [2.45, 2.75) is 64.7 Å². The largest absolute Gasteiger partial charge is 0.481 e. The molecule has 4 heteroatoms. The lowest BCUT2D eigenvalue weighted by atomic mass is 9.49. The molecule has 2 N–H and O–H groups in total. The van der Waals surface area contributed by atoms with Crippen LogP contribution in [0.4, 0.5) is 0 Å². The molecule has 1 saturated carbocycles. The number of benzene rings is 1. The zero-order valence-corrected chi connectivity index (χ0v) is 14.7. The molecular weight excluding hydrogens is 304 g/mol. The minimum absolute atomic E-state index is 0.101. The maximum Gasteiger partial charge on any atom is 0.335 e. The van der Waals surface area contributed by atoms with E-state index in [2.05, 4.69) is 6.92 Å². The molecule has 3 atom stereocenters. The predicted molar refractivity (Wildman–Crippen MR) is 91.5 cm³/mol. The number of aromatic carboxylic acids is 1. The SMILES string of the molecule is CCc1c(C(=O)O)ccc2c1CCC1C(C)(C(=O)O)CCCC21C. The number of hydrogen-bond donors (Lipinski definition) is 2. The molecule has 4 nitrogen and oxygen atoms in total. The first-order valence-electron chi connectivity index (χ1n) is 8.87. The molecule has 2 aliphatic rings. The summed E-state index contributed by atoms with van der Waals surface area (Å²) in [5.74, 6) is -1.47. The van der Waals surface area contributed by atoms with E-state index >= 15 is 0 Å². The Hall–Kier alpha value is -1.84. The van der Waals surface area contributed by atoms with Gasteiger partial charge in [0.2, 0.25) is 0 Å². The molecule has 0 aliphatic heterocycles. The fourth-order valence-electron chi connectivity index (χ4n) is 5.50. The number of carboxylic acid groups (broad SMARTS) is 2. The maximum absolute atomic E-state index is 12.0. The van der Waals surface area contributed by atoms with Crippen molar-refractivity contribution < 1.29 is 19.8 Å². The van der Waals surface area contributed by atoms with Crippen molar-refractivity contribution in [2.24, 2.45) is 11.3 Å². The van der Waals surface area contributed by atoms with Gasteiger partial charge in [0.15, 0.2) is 0 Å². The van der Waals surface area contributed by atoms with Gasteiger partial charge in [-0.3, -0.25) is 4.79 Å². The van der Waals surface area contributed by atoms with Crippen molar-refractivity contribution in [1.82, 2.24) is 0 Å². The van der Waals surface area contributed by atoms with Crippen molar-refractivity contribution in [2.75, 3.05) is 0 Å². The average Bonchev–Trinajstić information content (AvgIpc) is 2.53. The normalized spacial score (nSPS) is 31.9. The third-order valence-electron chi connectivity index (χ3n) is 6.73. The van der Waals surface area contributed by atoms with Gasteiger partial charge in [-0.2, -0.15) is 0 Å². The molecular formula is C20H26O4. The Bertz CT molecular complexity index is 708. The van der Waals surface area contributed by atoms with Crippen molar-refractivity contribution in [3.8, 4) is 0 Å². The van der Waals surface area contributed by atoms with Gasteiger partial charge in [-0.1, -0.05) is 26.3 Å². The maximum atomic E-state index is 12.0. The van der Waals surface area contributed by atoms with Crippen molar-refractivity contribution in [1.29, 1.82) is 0 Å². The molecule has 0 radical (unpaired) electrons. The van der Waals surface area contributed by atoms with Gasteiger partial charge in [-0.05, 0) is 73.1 Å². The van der Waals surface area contributed by atoms with Crippen LogP contribution in [0.25, 0.3) is 0 Å². The highest BCUT2D eigenvalue weighted by molar-refractivity contribution is 5.90. The first-order chi connectivity index (χ1) is 11.3. The first kappa shape index (κ1) is 17.0. The topological polar surface area (TPSA) is 74.6 Å². The van der Waals surface area contributed by atoms with Crippen LogP contribution >= 0.6 is 0 Å². The number of carbonyl (C=O) groups is 2. The Morgan fingerprint density at radius 3 is 2.50 bits per heavy atom. The molecule has 0 spiro atoms. The molecule has 130 valence electrons. The summed E-state index contributed by atoms with van der Waals surface area (Å²) in [5.41, 5.74) is 2.80. The van der Waals surface area contributed by atoms with E-state index in [1.54, 1.807) is 6.07 Å². The summed E-state index contributed by atoms with van der Waals surface area (Å²) in [6.45, 7) is 6.09. The lowest BCUT2D eigenvalue weighted by molar-refractivity contribution is -0.157. The number of fused-ring (bicyclic) bond motifs is 3. The molecule has 3 unspecified atom stereocenters. The predicted octanol–water partition coefficient (Wildman–Crippen LogP) is 4.04. The minimum atomic E-state index is -0.874. The van der Waals surface area contributed by atoms with Crippen LogP contribution in [0.15, 0.2) is 12.1 Å². The monoisotopic (exact) mass is 330 g/mol. The highest BCUT2D eigenvalue weighted by atomic mass is 16.4. The summed E-state index contributed by atoms with van der Waals surface area (Å²) in [7, 11) is 0. The van der Waals surface area contributed by atoms with Gasteiger partial charge in [-0.25, -0.2) is 4.79 Å². The van der Waals surface area contributed by atoms with Crippen LogP contribution in [0.5, 0.6) is 0 Å². The second-order valence-electron chi connectivity index (χ2n) is 7.86. The van der Waals surface area contributed by atoms with Gasteiger partial charge >= 0.3 is 11.9 Å². The Kier molecular flexibility index (Phi) is 3.97. The van der Waals surface area contributed by atoms with Crippen molar-refractivity contribution in [3.63, 3.8) is 0 Å². The smallest absolute Gasteiger partial charge is 0.335 e. The molecule has 0 heterocycles. The van der Waals surface area contributed by atoms with Crippen LogP contribution in [-0.2, 0) is 23.1 Å². The molecule has 0 saturated heterocycles. The van der Waals surface area contributed by atoms with Gasteiger partial charge in [0.25, 0.3) is 0 Å². The van der Waals surface area contributed by atoms with E-state index in [1.165, 1.54) is 5.56 Å². The highest BCUT2D eigenvalue weighted by Crippen LogP contribution is 2.57. The summed E-state index contributed by atoms with van der Waals surface area (Å²) in [4.78, 5) is 23.5. The van der Waals surface area contributed by atoms with Crippen LogP contribution in [0.2, 0.25) is 0 Å². The Labute approximate surface area is 142 Å². The van der Waals surface area contributed by atoms with Crippen LogP contribution < -0.4 is 0 Å². The number of aliphatic carboxylic acids is 1. The fraction of sp³-hybridized carbons (Fsp3) is 0.600. The zero-order chi connectivity index (χ0) is 17.7. The molecule has 0 amide bonds. The summed E-state index contributed by atoms with van der Waals surface area (Å²) in [6, 6.07) is 3.68. The highest BCUT2D eigenvalue weighted by Gasteiger charge is 2.55. The number of rotatable bonds is 3.